The van der Waals surface area contributed by atoms with Crippen molar-refractivity contribution < 1.29 is 14.7 Å². The number of halogens is 1. The van der Waals surface area contributed by atoms with Crippen molar-refractivity contribution in [3.63, 3.8) is 0 Å². The van der Waals surface area contributed by atoms with Gasteiger partial charge in [0.15, 0.2) is 0 Å². The van der Waals surface area contributed by atoms with Gasteiger partial charge in [0.25, 0.3) is 0 Å². The molecule has 1 amide bonds. The summed E-state index contributed by atoms with van der Waals surface area (Å²) >= 11 is 5.83. The van der Waals surface area contributed by atoms with Crippen molar-refractivity contribution in [3.8, 4) is 0 Å². The van der Waals surface area contributed by atoms with Crippen LogP contribution in [0.15, 0.2) is 30.3 Å². The second-order valence-corrected chi connectivity index (χ2v) is 5.03. The molecule has 2 atom stereocenters. The lowest BCUT2D eigenvalue weighted by molar-refractivity contribution is -0.142. The topological polar surface area (TPSA) is 66.4 Å². The van der Waals surface area contributed by atoms with Gasteiger partial charge < -0.3 is 10.4 Å². The molecule has 1 rings (SSSR count). The van der Waals surface area contributed by atoms with Crippen LogP contribution in [-0.2, 0) is 9.59 Å². The van der Waals surface area contributed by atoms with Crippen molar-refractivity contribution in [2.75, 3.05) is 0 Å². The molecule has 0 saturated heterocycles. The minimum Gasteiger partial charge on any atom is -0.480 e. The molecule has 4 nitrogen and oxygen atoms in total. The van der Waals surface area contributed by atoms with E-state index in [4.69, 9.17) is 16.7 Å². The summed E-state index contributed by atoms with van der Waals surface area (Å²) in [6.45, 7) is 3.67. The van der Waals surface area contributed by atoms with E-state index in [1.807, 2.05) is 6.92 Å². The van der Waals surface area contributed by atoms with E-state index in [1.54, 1.807) is 37.3 Å². The minimum absolute atomic E-state index is 0.129. The molecule has 1 unspecified atom stereocenters. The molecule has 1 aromatic carbocycles. The average Bonchev–Trinajstić information content (AvgIpc) is 2.41. The van der Waals surface area contributed by atoms with Crippen LogP contribution in [0.3, 0.4) is 0 Å². The van der Waals surface area contributed by atoms with Crippen molar-refractivity contribution in [1.29, 1.82) is 0 Å². The number of hydrogen-bond donors (Lipinski definition) is 2. The molecular weight excluding hydrogens is 278 g/mol. The fourth-order valence-electron chi connectivity index (χ4n) is 1.67. The van der Waals surface area contributed by atoms with Gasteiger partial charge in [-0.1, -0.05) is 44.0 Å². The Morgan fingerprint density at radius 2 is 2.15 bits per heavy atom. The predicted molar refractivity (Wildman–Crippen MR) is 79.5 cm³/mol. The van der Waals surface area contributed by atoms with Gasteiger partial charge in [0.2, 0.25) is 5.91 Å². The van der Waals surface area contributed by atoms with Crippen molar-refractivity contribution in [1.82, 2.24) is 5.32 Å². The number of amides is 1. The zero-order valence-electron chi connectivity index (χ0n) is 11.5. The van der Waals surface area contributed by atoms with Gasteiger partial charge in [-0.25, -0.2) is 4.79 Å². The van der Waals surface area contributed by atoms with Crippen LogP contribution >= 0.6 is 11.6 Å². The lowest BCUT2D eigenvalue weighted by Gasteiger charge is -2.19. The molecule has 0 aliphatic heterocycles. The standard InChI is InChI=1S/C15H18ClNO3/c1-3-10(2)14(15(19)20)17-13(18)8-7-11-5-4-6-12(16)9-11/h4-10,14H,3H2,1-2H3,(H,17,18)(H,19,20)/b8-7+/t10?,14-/m0/s1. The molecule has 0 aliphatic rings. The van der Waals surface area contributed by atoms with E-state index in [2.05, 4.69) is 5.32 Å². The number of aliphatic carboxylic acids is 1. The molecule has 0 saturated carbocycles. The van der Waals surface area contributed by atoms with Crippen molar-refractivity contribution >= 4 is 29.6 Å². The maximum absolute atomic E-state index is 11.7. The fraction of sp³-hybridized carbons (Fsp3) is 0.333. The summed E-state index contributed by atoms with van der Waals surface area (Å²) in [4.78, 5) is 22.8. The molecule has 0 aromatic heterocycles. The maximum Gasteiger partial charge on any atom is 0.326 e. The van der Waals surface area contributed by atoms with Gasteiger partial charge in [-0.15, -0.1) is 0 Å². The summed E-state index contributed by atoms with van der Waals surface area (Å²) in [5.41, 5.74) is 0.781. The Kier molecular flexibility index (Phi) is 6.25. The highest BCUT2D eigenvalue weighted by Gasteiger charge is 2.24. The third kappa shape index (κ3) is 5.05. The Labute approximate surface area is 123 Å². The first-order valence-corrected chi connectivity index (χ1v) is 6.78. The second-order valence-electron chi connectivity index (χ2n) is 4.60. The van der Waals surface area contributed by atoms with Crippen LogP contribution in [0.5, 0.6) is 0 Å². The summed E-state index contributed by atoms with van der Waals surface area (Å²) in [5, 5.41) is 12.2. The second kappa shape index (κ2) is 7.70. The van der Waals surface area contributed by atoms with Crippen LogP contribution in [-0.4, -0.2) is 23.0 Å². The lowest BCUT2D eigenvalue weighted by Crippen LogP contribution is -2.44. The molecule has 0 fully saturated rings. The zero-order valence-corrected chi connectivity index (χ0v) is 12.2. The smallest absolute Gasteiger partial charge is 0.326 e. The highest BCUT2D eigenvalue weighted by Crippen LogP contribution is 2.12. The van der Waals surface area contributed by atoms with E-state index in [-0.39, 0.29) is 5.92 Å². The molecule has 0 spiro atoms. The third-order valence-corrected chi connectivity index (χ3v) is 3.29. The normalized spacial score (nSPS) is 13.9. The monoisotopic (exact) mass is 295 g/mol. The molecule has 0 radical (unpaired) electrons. The third-order valence-electron chi connectivity index (χ3n) is 3.05. The lowest BCUT2D eigenvalue weighted by atomic mass is 9.99. The molecule has 2 N–H and O–H groups in total. The molecule has 0 bridgehead atoms. The Bertz CT molecular complexity index is 514. The molecular formula is C15H18ClNO3. The first kappa shape index (κ1) is 16.2. The van der Waals surface area contributed by atoms with E-state index < -0.39 is 17.9 Å². The number of benzene rings is 1. The maximum atomic E-state index is 11.7. The molecule has 0 aliphatic carbocycles. The van der Waals surface area contributed by atoms with Crippen molar-refractivity contribution in [2.45, 2.75) is 26.3 Å². The van der Waals surface area contributed by atoms with Gasteiger partial charge in [-0.2, -0.15) is 0 Å². The van der Waals surface area contributed by atoms with Gasteiger partial charge in [0.05, 0.1) is 0 Å². The number of hydrogen-bond acceptors (Lipinski definition) is 2. The fourth-order valence-corrected chi connectivity index (χ4v) is 1.87. The predicted octanol–water partition coefficient (Wildman–Crippen LogP) is 2.97. The van der Waals surface area contributed by atoms with Gasteiger partial charge in [-0.05, 0) is 29.7 Å². The Balaban J connectivity index is 2.68. The molecule has 20 heavy (non-hydrogen) atoms. The summed E-state index contributed by atoms with van der Waals surface area (Å²) in [7, 11) is 0. The average molecular weight is 296 g/mol. The highest BCUT2D eigenvalue weighted by atomic mass is 35.5. The number of carbonyl (C=O) groups excluding carboxylic acids is 1. The molecule has 108 valence electrons. The Morgan fingerprint density at radius 3 is 2.70 bits per heavy atom. The number of rotatable bonds is 6. The van der Waals surface area contributed by atoms with Gasteiger partial charge in [0, 0.05) is 11.1 Å². The van der Waals surface area contributed by atoms with Crippen molar-refractivity contribution in [3.05, 3.63) is 40.9 Å². The zero-order chi connectivity index (χ0) is 15.1. The summed E-state index contributed by atoms with van der Waals surface area (Å²) < 4.78 is 0. The Morgan fingerprint density at radius 1 is 1.45 bits per heavy atom. The van der Waals surface area contributed by atoms with Gasteiger partial charge in [0.1, 0.15) is 6.04 Å². The summed E-state index contributed by atoms with van der Waals surface area (Å²) in [6, 6.07) is 6.16. The van der Waals surface area contributed by atoms with E-state index in [0.717, 1.165) is 5.56 Å². The van der Waals surface area contributed by atoms with Crippen LogP contribution in [0.1, 0.15) is 25.8 Å². The largest absolute Gasteiger partial charge is 0.480 e. The SMILES string of the molecule is CCC(C)[C@H](NC(=O)/C=C/c1cccc(Cl)c1)C(=O)O. The van der Waals surface area contributed by atoms with E-state index in [9.17, 15) is 9.59 Å². The van der Waals surface area contributed by atoms with Crippen LogP contribution < -0.4 is 5.32 Å². The van der Waals surface area contributed by atoms with Gasteiger partial charge in [-0.3, -0.25) is 4.79 Å². The van der Waals surface area contributed by atoms with Crippen LogP contribution in [0.25, 0.3) is 6.08 Å². The number of nitrogens with one attached hydrogen (secondary N) is 1. The first-order chi connectivity index (χ1) is 9.43. The number of carboxylic acids is 1. The van der Waals surface area contributed by atoms with E-state index >= 15 is 0 Å². The summed E-state index contributed by atoms with van der Waals surface area (Å²) in [5.74, 6) is -1.59. The van der Waals surface area contributed by atoms with Gasteiger partial charge >= 0.3 is 5.97 Å². The summed E-state index contributed by atoms with van der Waals surface area (Å²) in [6.07, 6.45) is 3.58. The van der Waals surface area contributed by atoms with Crippen molar-refractivity contribution in [2.24, 2.45) is 5.92 Å². The van der Waals surface area contributed by atoms with Crippen LogP contribution in [0, 0.1) is 5.92 Å². The van der Waals surface area contributed by atoms with Crippen LogP contribution in [0.4, 0.5) is 0 Å². The molecule has 0 heterocycles. The van der Waals surface area contributed by atoms with E-state index in [1.165, 1.54) is 6.08 Å². The van der Waals surface area contributed by atoms with Crippen LogP contribution in [0.2, 0.25) is 5.02 Å². The molecule has 5 heteroatoms. The number of carbonyl (C=O) groups is 2. The first-order valence-electron chi connectivity index (χ1n) is 6.41. The van der Waals surface area contributed by atoms with E-state index in [0.29, 0.717) is 11.4 Å². The number of carboxylic acid groups (broad SMARTS) is 1. The quantitative estimate of drug-likeness (QED) is 0.793. The highest BCUT2D eigenvalue weighted by molar-refractivity contribution is 6.30. The Hall–Kier alpha value is -1.81. The minimum atomic E-state index is -1.02. The molecule has 1 aromatic rings.